The molecule has 6 heteroatoms. The van der Waals surface area contributed by atoms with Gasteiger partial charge in [0.05, 0.1) is 13.2 Å². The van der Waals surface area contributed by atoms with Crippen molar-refractivity contribution in [3.63, 3.8) is 0 Å². The summed E-state index contributed by atoms with van der Waals surface area (Å²) in [6.45, 7) is 5.74. The third-order valence-corrected chi connectivity index (χ3v) is 6.48. The van der Waals surface area contributed by atoms with Crippen molar-refractivity contribution in [2.24, 2.45) is 0 Å². The summed E-state index contributed by atoms with van der Waals surface area (Å²) >= 11 is 3.53. The lowest BCUT2D eigenvalue weighted by Crippen LogP contribution is -3.00. The number of nitrogens with zero attached hydrogens (tertiary/aromatic N) is 2. The molecule has 2 aromatic rings. The normalized spacial score (nSPS) is 24.0. The quantitative estimate of drug-likeness (QED) is 0.622. The van der Waals surface area contributed by atoms with Crippen molar-refractivity contribution in [2.45, 2.75) is 51.3 Å². The molecule has 2 unspecified atom stereocenters. The second-order valence-electron chi connectivity index (χ2n) is 7.59. The van der Waals surface area contributed by atoms with E-state index in [9.17, 15) is 5.11 Å². The van der Waals surface area contributed by atoms with Crippen LogP contribution in [0.15, 0.2) is 53.0 Å². The number of halogens is 2. The molecule has 2 aliphatic rings. The summed E-state index contributed by atoms with van der Waals surface area (Å²) in [4.78, 5) is 2.16. The van der Waals surface area contributed by atoms with E-state index in [1.807, 2.05) is 43.3 Å². The van der Waals surface area contributed by atoms with Gasteiger partial charge in [0.25, 0.3) is 11.6 Å². The number of hydrogen-bond donors (Lipinski definition) is 1. The van der Waals surface area contributed by atoms with Crippen molar-refractivity contribution in [1.29, 1.82) is 0 Å². The smallest absolute Gasteiger partial charge is 0.278 e. The van der Waals surface area contributed by atoms with Crippen LogP contribution >= 0.6 is 15.9 Å². The molecule has 4 rings (SSSR count). The Hall–Kier alpha value is -1.37. The molecule has 2 aromatic carbocycles. The number of anilines is 1. The highest BCUT2D eigenvalue weighted by Gasteiger charge is 2.59. The molecule has 0 aliphatic carbocycles. The Bertz CT molecular complexity index is 867. The second-order valence-corrected chi connectivity index (χ2v) is 8.51. The average molecular weight is 524 g/mol. The number of aliphatic hydroxyl groups is 1. The van der Waals surface area contributed by atoms with Gasteiger partial charge < -0.3 is 26.8 Å². The van der Waals surface area contributed by atoms with Crippen molar-refractivity contribution in [1.82, 2.24) is 0 Å². The first kappa shape index (κ1) is 22.3. The molecule has 0 aromatic heterocycles. The molecule has 2 atom stereocenters. The maximum atomic E-state index is 12.2. The van der Waals surface area contributed by atoms with Crippen LogP contribution in [-0.4, -0.2) is 34.7 Å². The highest BCUT2D eigenvalue weighted by Crippen LogP contribution is 2.42. The van der Waals surface area contributed by atoms with Crippen molar-refractivity contribution in [3.8, 4) is 5.75 Å². The monoisotopic (exact) mass is 522 g/mol. The fraction of sp³-hybridized carbons (Fsp3) is 0.435. The number of benzene rings is 2. The van der Waals surface area contributed by atoms with Crippen molar-refractivity contribution in [3.05, 3.63) is 58.6 Å². The molecular formula is C23H28Br2N2O2. The first-order valence-electron chi connectivity index (χ1n) is 10.2. The number of ether oxygens (including phenoxy) is 1. The molecule has 156 valence electrons. The predicted molar refractivity (Wildman–Crippen MR) is 116 cm³/mol. The van der Waals surface area contributed by atoms with E-state index in [4.69, 9.17) is 4.74 Å². The van der Waals surface area contributed by atoms with Crippen LogP contribution in [0, 0.1) is 0 Å². The Morgan fingerprint density at radius 1 is 1.10 bits per heavy atom. The number of hydrogen-bond acceptors (Lipinski definition) is 3. The van der Waals surface area contributed by atoms with Gasteiger partial charge in [-0.3, -0.25) is 4.58 Å². The van der Waals surface area contributed by atoms with E-state index >= 15 is 0 Å². The lowest BCUT2D eigenvalue weighted by atomic mass is 9.93. The lowest BCUT2D eigenvalue weighted by Gasteiger charge is -2.32. The molecule has 0 bridgehead atoms. The van der Waals surface area contributed by atoms with Crippen molar-refractivity contribution >= 4 is 27.5 Å². The Balaban J connectivity index is 0.00000240. The molecule has 2 aliphatic heterocycles. The molecule has 1 N–H and O–H groups in total. The molecule has 0 amide bonds. The molecule has 0 spiro atoms. The second kappa shape index (κ2) is 9.19. The molecule has 2 heterocycles. The zero-order valence-corrected chi connectivity index (χ0v) is 20.1. The van der Waals surface area contributed by atoms with Crippen LogP contribution in [0.1, 0.15) is 45.1 Å². The van der Waals surface area contributed by atoms with Gasteiger partial charge in [0, 0.05) is 16.5 Å². The Morgan fingerprint density at radius 3 is 2.45 bits per heavy atom. The standard InChI is InChI=1S/C23H28BrN2O2.BrH/c1-3-28-21-14-8-18(9-15-21)23(27)17(2)25-16-6-4-5-7-22(25)26(23)20-12-10-19(24)11-13-20;/h8-15,17,27H,3-7,16H2,1-2H3;1H/q+1;/p-1. The van der Waals surface area contributed by atoms with Gasteiger partial charge in [0.2, 0.25) is 0 Å². The first-order valence-corrected chi connectivity index (χ1v) is 11.0. The summed E-state index contributed by atoms with van der Waals surface area (Å²) in [6.07, 6.45) is 4.55. The average Bonchev–Trinajstić information content (AvgIpc) is 2.86. The summed E-state index contributed by atoms with van der Waals surface area (Å²) in [5.41, 5.74) is 0.795. The van der Waals surface area contributed by atoms with Crippen LogP contribution in [0.4, 0.5) is 5.69 Å². The summed E-state index contributed by atoms with van der Waals surface area (Å²) in [7, 11) is 0. The van der Waals surface area contributed by atoms with Gasteiger partial charge in [-0.25, -0.2) is 0 Å². The molecular weight excluding hydrogens is 496 g/mol. The molecule has 0 fully saturated rings. The van der Waals surface area contributed by atoms with Gasteiger partial charge in [0.1, 0.15) is 11.4 Å². The zero-order chi connectivity index (χ0) is 19.7. The van der Waals surface area contributed by atoms with E-state index < -0.39 is 5.72 Å². The van der Waals surface area contributed by atoms with Gasteiger partial charge in [-0.15, -0.1) is 0 Å². The lowest BCUT2D eigenvalue weighted by molar-refractivity contribution is -0.571. The van der Waals surface area contributed by atoms with Crippen LogP contribution in [0.2, 0.25) is 0 Å². The van der Waals surface area contributed by atoms with Crippen LogP contribution < -0.4 is 26.6 Å². The maximum absolute atomic E-state index is 12.2. The summed E-state index contributed by atoms with van der Waals surface area (Å²) < 4.78 is 9.05. The van der Waals surface area contributed by atoms with Crippen LogP contribution in [0.3, 0.4) is 0 Å². The molecule has 0 radical (unpaired) electrons. The van der Waals surface area contributed by atoms with Gasteiger partial charge in [-0.2, -0.15) is 4.90 Å². The minimum atomic E-state index is -1.12. The summed E-state index contributed by atoms with van der Waals surface area (Å²) in [5, 5.41) is 12.2. The maximum Gasteiger partial charge on any atom is 0.278 e. The van der Waals surface area contributed by atoms with Crippen molar-refractivity contribution < 1.29 is 31.4 Å². The predicted octanol–water partition coefficient (Wildman–Crippen LogP) is 1.89. The molecule has 29 heavy (non-hydrogen) atoms. The van der Waals surface area contributed by atoms with E-state index in [-0.39, 0.29) is 23.0 Å². The zero-order valence-electron chi connectivity index (χ0n) is 16.9. The van der Waals surface area contributed by atoms with E-state index in [1.165, 1.54) is 18.7 Å². The molecule has 0 saturated carbocycles. The first-order chi connectivity index (χ1) is 13.6. The van der Waals surface area contributed by atoms with E-state index in [2.05, 4.69) is 44.5 Å². The Kier molecular flexibility index (Phi) is 7.07. The third-order valence-electron chi connectivity index (χ3n) is 5.96. The van der Waals surface area contributed by atoms with Crippen LogP contribution in [0.5, 0.6) is 5.75 Å². The van der Waals surface area contributed by atoms with E-state index in [1.54, 1.807) is 0 Å². The van der Waals surface area contributed by atoms with E-state index in [0.717, 1.165) is 40.9 Å². The Morgan fingerprint density at radius 2 is 1.79 bits per heavy atom. The van der Waals surface area contributed by atoms with Crippen LogP contribution in [-0.2, 0) is 5.72 Å². The highest BCUT2D eigenvalue weighted by atomic mass is 79.9. The highest BCUT2D eigenvalue weighted by molar-refractivity contribution is 9.10. The third kappa shape index (κ3) is 3.99. The molecule has 4 nitrogen and oxygen atoms in total. The minimum absolute atomic E-state index is 0. The molecule has 0 saturated heterocycles. The fourth-order valence-electron chi connectivity index (χ4n) is 4.54. The van der Waals surface area contributed by atoms with Crippen LogP contribution in [0.25, 0.3) is 0 Å². The van der Waals surface area contributed by atoms with Gasteiger partial charge in [0.15, 0.2) is 6.04 Å². The van der Waals surface area contributed by atoms with Crippen molar-refractivity contribution in [2.75, 3.05) is 18.1 Å². The topological polar surface area (TPSA) is 35.7 Å². The van der Waals surface area contributed by atoms with Gasteiger partial charge in [-0.1, -0.05) is 15.9 Å². The summed E-state index contributed by atoms with van der Waals surface area (Å²) in [5.74, 6) is 2.06. The van der Waals surface area contributed by atoms with E-state index in [0.29, 0.717) is 6.61 Å². The number of amidine groups is 1. The summed E-state index contributed by atoms with van der Waals surface area (Å²) in [6, 6.07) is 16.1. The van der Waals surface area contributed by atoms with Gasteiger partial charge >= 0.3 is 0 Å². The SMILES string of the molecule is CCOc1ccc(C2(O)C(C)[N+]3=C(CCCCC3)N2c2ccc(Br)cc2)cc1.[Br-]. The Labute approximate surface area is 192 Å². The number of rotatable bonds is 4. The minimum Gasteiger partial charge on any atom is -1.00 e. The largest absolute Gasteiger partial charge is 1.00 e. The fourth-order valence-corrected chi connectivity index (χ4v) is 4.81. The van der Waals surface area contributed by atoms with Gasteiger partial charge in [-0.05, 0) is 81.6 Å².